The van der Waals surface area contributed by atoms with Gasteiger partial charge in [-0.3, -0.25) is 0 Å². The maximum atomic E-state index is 5.42. The predicted octanol–water partition coefficient (Wildman–Crippen LogP) is 2.76. The zero-order chi connectivity index (χ0) is 10.5. The van der Waals surface area contributed by atoms with Crippen LogP contribution in [-0.4, -0.2) is 16.6 Å². The molecule has 0 amide bonds. The monoisotopic (exact) mass is 332 g/mol. The SMILES string of the molecule is Ic1cnc(OCCc2cccs2)nc1. The normalized spacial score (nSPS) is 10.2. The maximum absolute atomic E-state index is 5.42. The summed E-state index contributed by atoms with van der Waals surface area (Å²) in [5, 5.41) is 2.07. The van der Waals surface area contributed by atoms with Crippen LogP contribution < -0.4 is 4.74 Å². The summed E-state index contributed by atoms with van der Waals surface area (Å²) in [5.74, 6) is 0. The molecule has 2 aromatic rings. The van der Waals surface area contributed by atoms with Crippen molar-refractivity contribution in [3.63, 3.8) is 0 Å². The largest absolute Gasteiger partial charge is 0.463 e. The van der Waals surface area contributed by atoms with Gasteiger partial charge in [0.15, 0.2) is 0 Å². The standard InChI is InChI=1S/C10H9IN2OS/c11-8-6-12-10(13-7-8)14-4-3-9-2-1-5-15-9/h1-2,5-7H,3-4H2. The van der Waals surface area contributed by atoms with Crippen LogP contribution in [0.3, 0.4) is 0 Å². The van der Waals surface area contributed by atoms with Gasteiger partial charge in [0.25, 0.3) is 0 Å². The summed E-state index contributed by atoms with van der Waals surface area (Å²) in [6, 6.07) is 4.59. The summed E-state index contributed by atoms with van der Waals surface area (Å²) in [6.07, 6.45) is 4.40. The molecule has 0 aliphatic carbocycles. The second-order valence-corrected chi connectivity index (χ2v) is 5.14. The summed E-state index contributed by atoms with van der Waals surface area (Å²) >= 11 is 3.90. The number of hydrogen-bond donors (Lipinski definition) is 0. The first kappa shape index (κ1) is 10.8. The molecule has 15 heavy (non-hydrogen) atoms. The van der Waals surface area contributed by atoms with Crippen molar-refractivity contribution in [3.05, 3.63) is 38.4 Å². The third-order valence-electron chi connectivity index (χ3n) is 1.76. The lowest BCUT2D eigenvalue weighted by molar-refractivity contribution is 0.297. The van der Waals surface area contributed by atoms with E-state index in [1.165, 1.54) is 4.88 Å². The van der Waals surface area contributed by atoms with Gasteiger partial charge in [0, 0.05) is 27.3 Å². The number of halogens is 1. The van der Waals surface area contributed by atoms with Crippen LogP contribution in [-0.2, 0) is 6.42 Å². The first-order valence-electron chi connectivity index (χ1n) is 4.47. The molecular formula is C10H9IN2OS. The van der Waals surface area contributed by atoms with Crippen molar-refractivity contribution in [2.45, 2.75) is 6.42 Å². The number of aromatic nitrogens is 2. The molecule has 0 unspecified atom stereocenters. The fourth-order valence-corrected chi connectivity index (χ4v) is 2.04. The molecular weight excluding hydrogens is 323 g/mol. The van der Waals surface area contributed by atoms with Gasteiger partial charge in [0.2, 0.25) is 0 Å². The predicted molar refractivity (Wildman–Crippen MR) is 68.3 cm³/mol. The first-order valence-corrected chi connectivity index (χ1v) is 6.43. The van der Waals surface area contributed by atoms with E-state index in [-0.39, 0.29) is 0 Å². The van der Waals surface area contributed by atoms with Crippen molar-refractivity contribution in [2.75, 3.05) is 6.61 Å². The van der Waals surface area contributed by atoms with E-state index in [1.54, 1.807) is 23.7 Å². The molecule has 2 aromatic heterocycles. The Morgan fingerprint density at radius 2 is 2.13 bits per heavy atom. The zero-order valence-corrected chi connectivity index (χ0v) is 10.9. The van der Waals surface area contributed by atoms with Gasteiger partial charge in [0.1, 0.15) is 0 Å². The highest BCUT2D eigenvalue weighted by Gasteiger charge is 1.98. The Labute approximate surface area is 106 Å². The van der Waals surface area contributed by atoms with E-state index in [2.05, 4.69) is 44.0 Å². The number of rotatable bonds is 4. The lowest BCUT2D eigenvalue weighted by Gasteiger charge is -2.02. The number of ether oxygens (including phenoxy) is 1. The van der Waals surface area contributed by atoms with Crippen LogP contribution in [0, 0.1) is 3.57 Å². The van der Waals surface area contributed by atoms with Gasteiger partial charge in [-0.15, -0.1) is 11.3 Å². The summed E-state index contributed by atoms with van der Waals surface area (Å²) in [6.45, 7) is 0.626. The Hall–Kier alpha value is -0.690. The van der Waals surface area contributed by atoms with Crippen molar-refractivity contribution in [1.29, 1.82) is 0 Å². The van der Waals surface area contributed by atoms with E-state index in [0.29, 0.717) is 12.6 Å². The van der Waals surface area contributed by atoms with Crippen LogP contribution >= 0.6 is 33.9 Å². The molecule has 0 aliphatic rings. The van der Waals surface area contributed by atoms with Gasteiger partial charge in [-0.2, -0.15) is 0 Å². The van der Waals surface area contributed by atoms with Crippen LogP contribution in [0.5, 0.6) is 6.01 Å². The first-order chi connectivity index (χ1) is 7.34. The maximum Gasteiger partial charge on any atom is 0.316 e. The lowest BCUT2D eigenvalue weighted by atomic mass is 10.4. The Morgan fingerprint density at radius 1 is 1.33 bits per heavy atom. The Bertz CT molecular complexity index is 402. The summed E-state index contributed by atoms with van der Waals surface area (Å²) in [4.78, 5) is 9.44. The molecule has 78 valence electrons. The van der Waals surface area contributed by atoms with Crippen molar-refractivity contribution < 1.29 is 4.74 Å². The summed E-state index contributed by atoms with van der Waals surface area (Å²) in [7, 11) is 0. The molecule has 0 saturated carbocycles. The minimum Gasteiger partial charge on any atom is -0.463 e. The molecule has 3 nitrogen and oxygen atoms in total. The van der Waals surface area contributed by atoms with Crippen LogP contribution in [0.15, 0.2) is 29.9 Å². The van der Waals surface area contributed by atoms with Crippen LogP contribution in [0.25, 0.3) is 0 Å². The van der Waals surface area contributed by atoms with Crippen LogP contribution in [0.1, 0.15) is 4.88 Å². The van der Waals surface area contributed by atoms with E-state index in [0.717, 1.165) is 9.99 Å². The van der Waals surface area contributed by atoms with Crippen molar-refractivity contribution in [2.24, 2.45) is 0 Å². The molecule has 0 fully saturated rings. The number of thiophene rings is 1. The molecule has 2 heterocycles. The minimum atomic E-state index is 0.451. The Morgan fingerprint density at radius 3 is 2.80 bits per heavy atom. The Balaban J connectivity index is 1.81. The molecule has 0 aromatic carbocycles. The smallest absolute Gasteiger partial charge is 0.316 e. The second-order valence-electron chi connectivity index (χ2n) is 2.86. The third-order valence-corrected chi connectivity index (χ3v) is 3.25. The lowest BCUT2D eigenvalue weighted by Crippen LogP contribution is -2.03. The van der Waals surface area contributed by atoms with Gasteiger partial charge in [-0.05, 0) is 34.0 Å². The molecule has 0 bridgehead atoms. The van der Waals surface area contributed by atoms with E-state index >= 15 is 0 Å². The van der Waals surface area contributed by atoms with Crippen LogP contribution in [0.2, 0.25) is 0 Å². The fraction of sp³-hybridized carbons (Fsp3) is 0.200. The quantitative estimate of drug-likeness (QED) is 0.808. The van der Waals surface area contributed by atoms with E-state index in [4.69, 9.17) is 4.74 Å². The van der Waals surface area contributed by atoms with E-state index in [9.17, 15) is 0 Å². The fourth-order valence-electron chi connectivity index (χ4n) is 1.07. The second kappa shape index (κ2) is 5.41. The van der Waals surface area contributed by atoms with Crippen molar-refractivity contribution in [1.82, 2.24) is 9.97 Å². The molecule has 0 aliphatic heterocycles. The van der Waals surface area contributed by atoms with Gasteiger partial charge in [-0.25, -0.2) is 9.97 Å². The number of nitrogens with zero attached hydrogens (tertiary/aromatic N) is 2. The van der Waals surface area contributed by atoms with Crippen molar-refractivity contribution >= 4 is 33.9 Å². The average Bonchev–Trinajstić information content (AvgIpc) is 2.74. The van der Waals surface area contributed by atoms with E-state index < -0.39 is 0 Å². The molecule has 0 saturated heterocycles. The highest BCUT2D eigenvalue weighted by Crippen LogP contribution is 2.10. The third kappa shape index (κ3) is 3.42. The van der Waals surface area contributed by atoms with E-state index in [1.807, 2.05) is 6.07 Å². The van der Waals surface area contributed by atoms with Gasteiger partial charge < -0.3 is 4.74 Å². The Kier molecular flexibility index (Phi) is 3.90. The van der Waals surface area contributed by atoms with Crippen LogP contribution in [0.4, 0.5) is 0 Å². The number of hydrogen-bond acceptors (Lipinski definition) is 4. The molecule has 0 radical (unpaired) electrons. The van der Waals surface area contributed by atoms with Gasteiger partial charge in [-0.1, -0.05) is 6.07 Å². The molecule has 2 rings (SSSR count). The highest BCUT2D eigenvalue weighted by atomic mass is 127. The van der Waals surface area contributed by atoms with Gasteiger partial charge in [0.05, 0.1) is 6.61 Å². The van der Waals surface area contributed by atoms with Gasteiger partial charge >= 0.3 is 6.01 Å². The summed E-state index contributed by atoms with van der Waals surface area (Å²) in [5.41, 5.74) is 0. The van der Waals surface area contributed by atoms with Crippen molar-refractivity contribution in [3.8, 4) is 6.01 Å². The topological polar surface area (TPSA) is 35.0 Å². The average molecular weight is 332 g/mol. The minimum absolute atomic E-state index is 0.451. The highest BCUT2D eigenvalue weighted by molar-refractivity contribution is 14.1. The molecule has 5 heteroatoms. The zero-order valence-electron chi connectivity index (χ0n) is 7.89. The summed E-state index contributed by atoms with van der Waals surface area (Å²) < 4.78 is 6.43. The molecule has 0 N–H and O–H groups in total. The molecule has 0 spiro atoms. The molecule has 0 atom stereocenters.